The molecule has 0 unspecified atom stereocenters. The molecule has 5 heteroatoms. The Morgan fingerprint density at radius 1 is 1.53 bits per heavy atom. The molecule has 1 heterocycles. The van der Waals surface area contributed by atoms with E-state index in [2.05, 4.69) is 10.6 Å². The fourth-order valence-electron chi connectivity index (χ4n) is 1.42. The molecule has 1 aliphatic heterocycles. The van der Waals surface area contributed by atoms with Crippen molar-refractivity contribution in [2.75, 3.05) is 0 Å². The summed E-state index contributed by atoms with van der Waals surface area (Å²) in [5.74, 6) is -0.0384. The van der Waals surface area contributed by atoms with E-state index in [1.165, 1.54) is 0 Å². The fourth-order valence-corrected chi connectivity index (χ4v) is 1.42. The van der Waals surface area contributed by atoms with Crippen LogP contribution < -0.4 is 10.6 Å². The number of carbonyl (C=O) groups excluding carboxylic acids is 2. The second-order valence-electron chi connectivity index (χ2n) is 4.81. The largest absolute Gasteiger partial charge is 0.444 e. The monoisotopic (exact) mass is 214 g/mol. The highest BCUT2D eigenvalue weighted by Gasteiger charge is 2.31. The molecule has 0 aromatic carbocycles. The van der Waals surface area contributed by atoms with Gasteiger partial charge in [-0.2, -0.15) is 0 Å². The van der Waals surface area contributed by atoms with Gasteiger partial charge in [0.05, 0.1) is 6.04 Å². The highest BCUT2D eigenvalue weighted by Crippen LogP contribution is 2.10. The first-order valence-electron chi connectivity index (χ1n) is 5.07. The van der Waals surface area contributed by atoms with Crippen LogP contribution >= 0.6 is 0 Å². The Bertz CT molecular complexity index is 270. The summed E-state index contributed by atoms with van der Waals surface area (Å²) in [7, 11) is 0. The second-order valence-corrected chi connectivity index (χ2v) is 4.81. The number of alkyl carbamates (subject to hydrolysis) is 1. The van der Waals surface area contributed by atoms with E-state index in [0.717, 1.165) is 0 Å². The topological polar surface area (TPSA) is 67.4 Å². The Labute approximate surface area is 89.6 Å². The Kier molecular flexibility index (Phi) is 3.21. The summed E-state index contributed by atoms with van der Waals surface area (Å²) in [6.07, 6.45) is -0.156. The number of hydrogen-bond donors (Lipinski definition) is 2. The highest BCUT2D eigenvalue weighted by atomic mass is 16.6. The van der Waals surface area contributed by atoms with Crippen LogP contribution in [0.1, 0.15) is 34.1 Å². The van der Waals surface area contributed by atoms with Crippen LogP contribution in [0.2, 0.25) is 0 Å². The molecular formula is C10H18N2O3. The van der Waals surface area contributed by atoms with Gasteiger partial charge in [-0.05, 0) is 27.7 Å². The van der Waals surface area contributed by atoms with Gasteiger partial charge in [0.1, 0.15) is 5.60 Å². The van der Waals surface area contributed by atoms with Gasteiger partial charge >= 0.3 is 6.09 Å². The zero-order chi connectivity index (χ0) is 11.6. The third-order valence-corrected chi connectivity index (χ3v) is 2.10. The average Bonchev–Trinajstić information content (AvgIpc) is 2.25. The van der Waals surface area contributed by atoms with Crippen molar-refractivity contribution >= 4 is 12.0 Å². The maximum absolute atomic E-state index is 11.4. The van der Waals surface area contributed by atoms with Gasteiger partial charge in [0.15, 0.2) is 0 Å². The van der Waals surface area contributed by atoms with Crippen LogP contribution in [0.25, 0.3) is 0 Å². The molecule has 0 aromatic rings. The second kappa shape index (κ2) is 4.08. The van der Waals surface area contributed by atoms with Crippen molar-refractivity contribution < 1.29 is 14.3 Å². The third-order valence-electron chi connectivity index (χ3n) is 2.10. The maximum Gasteiger partial charge on any atom is 0.407 e. The van der Waals surface area contributed by atoms with Gasteiger partial charge < -0.3 is 15.4 Å². The number of rotatable bonds is 1. The summed E-state index contributed by atoms with van der Waals surface area (Å²) < 4.78 is 5.09. The first-order chi connectivity index (χ1) is 6.78. The van der Waals surface area contributed by atoms with Gasteiger partial charge in [-0.1, -0.05) is 0 Å². The van der Waals surface area contributed by atoms with E-state index >= 15 is 0 Å². The SMILES string of the molecule is C[C@@H]1NC(=O)C[C@H]1NC(=O)OC(C)(C)C. The molecule has 1 rings (SSSR count). The first-order valence-corrected chi connectivity index (χ1v) is 5.07. The number of ether oxygens (including phenoxy) is 1. The van der Waals surface area contributed by atoms with Crippen molar-refractivity contribution in [1.82, 2.24) is 10.6 Å². The highest BCUT2D eigenvalue weighted by molar-refractivity contribution is 5.81. The van der Waals surface area contributed by atoms with Gasteiger partial charge in [0, 0.05) is 12.5 Å². The molecule has 1 aliphatic rings. The van der Waals surface area contributed by atoms with Gasteiger partial charge in [-0.15, -0.1) is 0 Å². The molecule has 2 amide bonds. The van der Waals surface area contributed by atoms with Crippen molar-refractivity contribution in [3.05, 3.63) is 0 Å². The molecule has 2 N–H and O–H groups in total. The van der Waals surface area contributed by atoms with Crippen LogP contribution in [0.4, 0.5) is 4.79 Å². The maximum atomic E-state index is 11.4. The lowest BCUT2D eigenvalue weighted by molar-refractivity contribution is -0.119. The Balaban J connectivity index is 2.42. The summed E-state index contributed by atoms with van der Waals surface area (Å²) >= 11 is 0. The molecule has 15 heavy (non-hydrogen) atoms. The molecule has 0 aromatic heterocycles. The van der Waals surface area contributed by atoms with E-state index in [4.69, 9.17) is 4.74 Å². The van der Waals surface area contributed by atoms with Crippen molar-refractivity contribution in [1.29, 1.82) is 0 Å². The summed E-state index contributed by atoms with van der Waals surface area (Å²) in [6, 6.07) is -0.211. The lowest BCUT2D eigenvalue weighted by Crippen LogP contribution is -2.44. The van der Waals surface area contributed by atoms with Crippen molar-refractivity contribution in [2.24, 2.45) is 0 Å². The van der Waals surface area contributed by atoms with E-state index < -0.39 is 11.7 Å². The third kappa shape index (κ3) is 3.77. The minimum Gasteiger partial charge on any atom is -0.444 e. The molecule has 0 bridgehead atoms. The summed E-state index contributed by atoms with van der Waals surface area (Å²) in [5.41, 5.74) is -0.511. The number of nitrogens with one attached hydrogen (secondary N) is 2. The van der Waals surface area contributed by atoms with Crippen LogP contribution in [-0.4, -0.2) is 29.7 Å². The lowest BCUT2D eigenvalue weighted by Gasteiger charge is -2.22. The summed E-state index contributed by atoms with van der Waals surface area (Å²) in [5, 5.41) is 5.40. The van der Waals surface area contributed by atoms with Crippen LogP contribution in [0.3, 0.4) is 0 Å². The van der Waals surface area contributed by atoms with Crippen LogP contribution in [0.15, 0.2) is 0 Å². The lowest BCUT2D eigenvalue weighted by atomic mass is 10.1. The Morgan fingerprint density at radius 2 is 2.13 bits per heavy atom. The van der Waals surface area contributed by atoms with E-state index in [1.54, 1.807) is 20.8 Å². The van der Waals surface area contributed by atoms with E-state index in [0.29, 0.717) is 6.42 Å². The number of amides is 2. The van der Waals surface area contributed by atoms with Crippen LogP contribution in [0, 0.1) is 0 Å². The standard InChI is InChI=1S/C10H18N2O3/c1-6-7(5-8(13)11-6)12-9(14)15-10(2,3)4/h6-7H,5H2,1-4H3,(H,11,13)(H,12,14)/t6-,7+/m0/s1. The molecular weight excluding hydrogens is 196 g/mol. The minimum atomic E-state index is -0.511. The van der Waals surface area contributed by atoms with Gasteiger partial charge in [0.25, 0.3) is 0 Å². The molecule has 0 radical (unpaired) electrons. The predicted octanol–water partition coefficient (Wildman–Crippen LogP) is 0.788. The smallest absolute Gasteiger partial charge is 0.407 e. The molecule has 86 valence electrons. The first kappa shape index (κ1) is 11.8. The molecule has 5 nitrogen and oxygen atoms in total. The van der Waals surface area contributed by atoms with Gasteiger partial charge in [-0.25, -0.2) is 4.79 Å². The predicted molar refractivity (Wildman–Crippen MR) is 55.4 cm³/mol. The molecule has 0 aliphatic carbocycles. The zero-order valence-corrected chi connectivity index (χ0v) is 9.59. The molecule has 1 fully saturated rings. The quantitative estimate of drug-likeness (QED) is 0.678. The normalized spacial score (nSPS) is 26.0. The molecule has 0 saturated carbocycles. The summed E-state index contributed by atoms with van der Waals surface area (Å²) in [6.45, 7) is 7.25. The van der Waals surface area contributed by atoms with E-state index in [-0.39, 0.29) is 18.0 Å². The summed E-state index contributed by atoms with van der Waals surface area (Å²) in [4.78, 5) is 22.4. The van der Waals surface area contributed by atoms with E-state index in [9.17, 15) is 9.59 Å². The van der Waals surface area contributed by atoms with Crippen LogP contribution in [0.5, 0.6) is 0 Å². The molecule has 1 saturated heterocycles. The number of carbonyl (C=O) groups is 2. The Hall–Kier alpha value is -1.26. The molecule has 2 atom stereocenters. The molecule has 0 spiro atoms. The van der Waals surface area contributed by atoms with E-state index in [1.807, 2.05) is 6.92 Å². The fraction of sp³-hybridized carbons (Fsp3) is 0.800. The van der Waals surface area contributed by atoms with Crippen molar-refractivity contribution in [2.45, 2.75) is 51.8 Å². The van der Waals surface area contributed by atoms with Gasteiger partial charge in [-0.3, -0.25) is 4.79 Å². The average molecular weight is 214 g/mol. The zero-order valence-electron chi connectivity index (χ0n) is 9.59. The Morgan fingerprint density at radius 3 is 2.53 bits per heavy atom. The minimum absolute atomic E-state index is 0.0370. The van der Waals surface area contributed by atoms with Crippen molar-refractivity contribution in [3.63, 3.8) is 0 Å². The van der Waals surface area contributed by atoms with Crippen LogP contribution in [-0.2, 0) is 9.53 Å². The number of hydrogen-bond acceptors (Lipinski definition) is 3. The van der Waals surface area contributed by atoms with Crippen molar-refractivity contribution in [3.8, 4) is 0 Å². The van der Waals surface area contributed by atoms with Gasteiger partial charge in [0.2, 0.25) is 5.91 Å².